The van der Waals surface area contributed by atoms with Crippen molar-refractivity contribution < 1.29 is 0 Å². The van der Waals surface area contributed by atoms with Crippen molar-refractivity contribution in [3.63, 3.8) is 0 Å². The maximum absolute atomic E-state index is 9.50. The fourth-order valence-corrected chi connectivity index (χ4v) is 3.96. The monoisotopic (exact) mass is 361 g/mol. The van der Waals surface area contributed by atoms with E-state index >= 15 is 0 Å². The highest BCUT2D eigenvalue weighted by atomic mass is 32.1. The van der Waals surface area contributed by atoms with E-state index in [9.17, 15) is 5.26 Å². The van der Waals surface area contributed by atoms with E-state index in [-0.39, 0.29) is 0 Å². The zero-order valence-corrected chi connectivity index (χ0v) is 15.6. The summed E-state index contributed by atoms with van der Waals surface area (Å²) in [5, 5.41) is 23.6. The highest BCUT2D eigenvalue weighted by Gasteiger charge is 2.17. The Hall–Kier alpha value is -3.18. The van der Waals surface area contributed by atoms with Gasteiger partial charge in [-0.1, -0.05) is 0 Å². The molecule has 4 heterocycles. The molecule has 4 rings (SSSR count). The van der Waals surface area contributed by atoms with Crippen LogP contribution in [0.5, 0.6) is 0 Å². The van der Waals surface area contributed by atoms with Crippen molar-refractivity contribution in [2.75, 3.05) is 0 Å². The second-order valence-corrected chi connectivity index (χ2v) is 7.12. The van der Waals surface area contributed by atoms with Crippen LogP contribution >= 0.6 is 11.3 Å². The van der Waals surface area contributed by atoms with Gasteiger partial charge in [-0.2, -0.15) is 10.4 Å². The number of thiophene rings is 1. The first kappa shape index (κ1) is 16.3. The molecule has 0 aliphatic rings. The molecule has 0 atom stereocenters. The van der Waals surface area contributed by atoms with Crippen molar-refractivity contribution in [1.29, 1.82) is 5.26 Å². The Labute approximate surface area is 153 Å². The lowest BCUT2D eigenvalue weighted by atomic mass is 10.1. The van der Waals surface area contributed by atoms with Crippen LogP contribution in [0.2, 0.25) is 0 Å². The summed E-state index contributed by atoms with van der Waals surface area (Å²) in [5.74, 6) is 0. The molecule has 4 aromatic heterocycles. The van der Waals surface area contributed by atoms with Crippen LogP contribution in [0.3, 0.4) is 0 Å². The van der Waals surface area contributed by atoms with Crippen LogP contribution in [0.1, 0.15) is 27.5 Å². The van der Waals surface area contributed by atoms with E-state index in [4.69, 9.17) is 0 Å². The third-order valence-electron chi connectivity index (χ3n) is 4.08. The molecule has 0 saturated carbocycles. The summed E-state index contributed by atoms with van der Waals surface area (Å²) in [6.07, 6.45) is 1.85. The molecule has 8 heteroatoms. The lowest BCUT2D eigenvalue weighted by Crippen LogP contribution is -1.90. The summed E-state index contributed by atoms with van der Waals surface area (Å²) < 4.78 is 1.68. The van der Waals surface area contributed by atoms with Gasteiger partial charge in [0.1, 0.15) is 21.5 Å². The van der Waals surface area contributed by atoms with Crippen molar-refractivity contribution >= 4 is 38.6 Å². The topological polar surface area (TPSA) is 91.6 Å². The van der Waals surface area contributed by atoms with E-state index < -0.39 is 0 Å². The zero-order chi connectivity index (χ0) is 18.4. The molecule has 0 aliphatic carbocycles. The van der Waals surface area contributed by atoms with Crippen molar-refractivity contribution in [3.8, 4) is 6.07 Å². The molecule has 0 unspecified atom stereocenters. The second kappa shape index (κ2) is 5.97. The Morgan fingerprint density at radius 3 is 2.62 bits per heavy atom. The number of pyridine rings is 1. The molecule has 0 N–H and O–H groups in total. The number of nitrogens with zero attached hydrogens (tertiary/aromatic N) is 7. The Kier molecular flexibility index (Phi) is 3.74. The van der Waals surface area contributed by atoms with Gasteiger partial charge in [-0.15, -0.1) is 21.6 Å². The minimum absolute atomic E-state index is 0.503. The number of nitriles is 1. The predicted molar refractivity (Wildman–Crippen MR) is 100 cm³/mol. The minimum Gasteiger partial charge on any atom is -0.242 e. The number of aryl methyl sites for hydroxylation is 4. The van der Waals surface area contributed by atoms with Gasteiger partial charge >= 0.3 is 0 Å². The smallest absolute Gasteiger partial charge is 0.183 e. The predicted octanol–water partition coefficient (Wildman–Crippen LogP) is 4.86. The first-order chi connectivity index (χ1) is 12.5. The van der Waals surface area contributed by atoms with E-state index in [2.05, 4.69) is 31.4 Å². The number of fused-ring (bicyclic) bond motifs is 2. The van der Waals surface area contributed by atoms with Gasteiger partial charge in [-0.3, -0.25) is 0 Å². The average Bonchev–Trinajstić information content (AvgIpc) is 3.09. The first-order valence-electron chi connectivity index (χ1n) is 8.03. The minimum atomic E-state index is 0.503. The lowest BCUT2D eigenvalue weighted by molar-refractivity contribution is 0.909. The zero-order valence-electron chi connectivity index (χ0n) is 14.8. The lowest BCUT2D eigenvalue weighted by Gasteiger charge is -1.99. The summed E-state index contributed by atoms with van der Waals surface area (Å²) >= 11 is 1.34. The van der Waals surface area contributed by atoms with Gasteiger partial charge in [0, 0.05) is 23.0 Å². The van der Waals surface area contributed by atoms with Crippen molar-refractivity contribution in [1.82, 2.24) is 19.6 Å². The third kappa shape index (κ3) is 2.53. The van der Waals surface area contributed by atoms with Crippen molar-refractivity contribution in [2.45, 2.75) is 27.7 Å². The fraction of sp³-hybridized carbons (Fsp3) is 0.222. The molecule has 0 radical (unpaired) electrons. The quantitative estimate of drug-likeness (QED) is 0.477. The van der Waals surface area contributed by atoms with Crippen LogP contribution in [0, 0.1) is 39.0 Å². The van der Waals surface area contributed by atoms with Crippen LogP contribution in [0.15, 0.2) is 28.6 Å². The normalized spacial score (nSPS) is 11.7. The average molecular weight is 361 g/mol. The molecule has 0 bridgehead atoms. The molecule has 26 heavy (non-hydrogen) atoms. The number of aromatic nitrogens is 4. The third-order valence-corrected chi connectivity index (χ3v) is 5.06. The number of azo groups is 1. The Balaban J connectivity index is 1.92. The summed E-state index contributed by atoms with van der Waals surface area (Å²) in [6.45, 7) is 7.72. The van der Waals surface area contributed by atoms with Crippen LogP contribution in [-0.4, -0.2) is 19.6 Å². The van der Waals surface area contributed by atoms with Gasteiger partial charge in [0.15, 0.2) is 11.3 Å². The highest BCUT2D eigenvalue weighted by Crippen LogP contribution is 2.40. The van der Waals surface area contributed by atoms with E-state index in [0.29, 0.717) is 21.9 Å². The number of hydrogen-bond donors (Lipinski definition) is 0. The number of hydrogen-bond acceptors (Lipinski definition) is 7. The Morgan fingerprint density at radius 2 is 1.85 bits per heavy atom. The fourth-order valence-electron chi connectivity index (χ4n) is 2.93. The van der Waals surface area contributed by atoms with Crippen molar-refractivity contribution in [3.05, 3.63) is 45.9 Å². The summed E-state index contributed by atoms with van der Waals surface area (Å²) in [4.78, 5) is 10.3. The Morgan fingerprint density at radius 1 is 1.08 bits per heavy atom. The Bertz CT molecular complexity index is 1240. The van der Waals surface area contributed by atoms with Crippen LogP contribution < -0.4 is 0 Å². The molecule has 7 nitrogen and oxygen atoms in total. The molecule has 128 valence electrons. The molecule has 0 aliphatic heterocycles. The van der Waals surface area contributed by atoms with Gasteiger partial charge in [-0.25, -0.2) is 14.5 Å². The van der Waals surface area contributed by atoms with Crippen LogP contribution in [-0.2, 0) is 0 Å². The largest absolute Gasteiger partial charge is 0.242 e. The van der Waals surface area contributed by atoms with Crippen molar-refractivity contribution in [2.24, 2.45) is 10.2 Å². The van der Waals surface area contributed by atoms with Gasteiger partial charge < -0.3 is 0 Å². The molecule has 0 fully saturated rings. The van der Waals surface area contributed by atoms with Crippen LogP contribution in [0.25, 0.3) is 15.9 Å². The van der Waals surface area contributed by atoms with E-state index in [1.54, 1.807) is 4.52 Å². The SMILES string of the molecule is Cc1cc(C)c2c(N=Nc3c(C)nn4ccc(C)nc34)c(C#N)sc2n1. The summed E-state index contributed by atoms with van der Waals surface area (Å²) in [5.41, 5.74) is 5.37. The maximum atomic E-state index is 9.50. The van der Waals surface area contributed by atoms with Gasteiger partial charge in [0.25, 0.3) is 0 Å². The molecule has 4 aromatic rings. The molecule has 0 saturated heterocycles. The molecule has 0 aromatic carbocycles. The molecular weight excluding hydrogens is 346 g/mol. The second-order valence-electron chi connectivity index (χ2n) is 6.12. The van der Waals surface area contributed by atoms with E-state index in [0.717, 1.165) is 32.9 Å². The molecular formula is C18H15N7S. The summed E-state index contributed by atoms with van der Waals surface area (Å²) in [6, 6.07) is 6.08. The standard InChI is InChI=1S/C18H15N7S/c1-9-7-11(3)21-18-14(9)16(13(8-19)26-18)23-22-15-12(4)24-25-6-5-10(2)20-17(15)25/h5-7H,1-4H3. The van der Waals surface area contributed by atoms with Gasteiger partial charge in [-0.05, 0) is 45.4 Å². The number of rotatable bonds is 2. The van der Waals surface area contributed by atoms with Gasteiger partial charge in [0.2, 0.25) is 0 Å². The molecule has 0 amide bonds. The molecule has 0 spiro atoms. The van der Waals surface area contributed by atoms with Gasteiger partial charge in [0.05, 0.1) is 5.69 Å². The highest BCUT2D eigenvalue weighted by molar-refractivity contribution is 7.19. The first-order valence-corrected chi connectivity index (χ1v) is 8.84. The van der Waals surface area contributed by atoms with E-state index in [1.165, 1.54) is 11.3 Å². The maximum Gasteiger partial charge on any atom is 0.183 e. The van der Waals surface area contributed by atoms with E-state index in [1.807, 2.05) is 46.0 Å². The van der Waals surface area contributed by atoms with Crippen LogP contribution in [0.4, 0.5) is 11.4 Å². The summed E-state index contributed by atoms with van der Waals surface area (Å²) in [7, 11) is 0.